The van der Waals surface area contributed by atoms with Gasteiger partial charge in [-0.1, -0.05) is 36.4 Å². The van der Waals surface area contributed by atoms with Crippen LogP contribution in [0.2, 0.25) is 0 Å². The van der Waals surface area contributed by atoms with Crippen molar-refractivity contribution in [3.8, 4) is 11.1 Å². The fourth-order valence-electron chi connectivity index (χ4n) is 3.64. The average Bonchev–Trinajstić information content (AvgIpc) is 2.80. The maximum absolute atomic E-state index is 13.1. The number of carbonyl (C=O) groups excluding carboxylic acids is 5. The monoisotopic (exact) mass is 485 g/mol. The smallest absolute Gasteiger partial charge is 0.550 e. The molecular formula is C25H24N3NaO6. The zero-order chi connectivity index (χ0) is 25.0. The van der Waals surface area contributed by atoms with Crippen LogP contribution in [0.3, 0.4) is 0 Å². The second-order valence-corrected chi connectivity index (χ2v) is 7.94. The predicted octanol–water partition coefficient (Wildman–Crippen LogP) is -1.47. The molecule has 1 unspecified atom stereocenters. The van der Waals surface area contributed by atoms with E-state index in [9.17, 15) is 29.1 Å². The molecular weight excluding hydrogens is 461 g/mol. The molecule has 0 fully saturated rings. The molecule has 0 saturated heterocycles. The van der Waals surface area contributed by atoms with Gasteiger partial charge in [-0.2, -0.15) is 0 Å². The Balaban J connectivity index is 0.00000432. The Morgan fingerprint density at radius 2 is 1.71 bits per heavy atom. The largest absolute Gasteiger partial charge is 1.00 e. The van der Waals surface area contributed by atoms with Gasteiger partial charge in [-0.05, 0) is 37.1 Å². The standard InChI is InChI=1S/C25H25N3O6.Na/c1-15-14-27(3)24(33)22(23(15)32)28(25(34)26-12-11-21(30)31)20-6-4-5-19(13-20)18-9-7-17(8-10-18)16(2)29;/h4-10,13-14,22H,11-12H2,1-3H3,(H,26,34)(H,30,31);/q;+1/p-1. The Morgan fingerprint density at radius 3 is 2.31 bits per heavy atom. The molecule has 2 aromatic rings. The minimum Gasteiger partial charge on any atom is -0.550 e. The van der Waals surface area contributed by atoms with Crippen LogP contribution in [0.15, 0.2) is 60.3 Å². The van der Waals surface area contributed by atoms with Gasteiger partial charge in [0.1, 0.15) is 0 Å². The summed E-state index contributed by atoms with van der Waals surface area (Å²) in [6.45, 7) is 2.79. The van der Waals surface area contributed by atoms with Gasteiger partial charge in [-0.25, -0.2) is 4.79 Å². The minimum atomic E-state index is -1.45. The second kappa shape index (κ2) is 11.9. The first-order chi connectivity index (χ1) is 16.1. The molecule has 0 spiro atoms. The summed E-state index contributed by atoms with van der Waals surface area (Å²) in [4.78, 5) is 63.6. The molecule has 1 aliphatic rings. The number of urea groups is 1. The zero-order valence-electron chi connectivity index (χ0n) is 20.0. The molecule has 0 aromatic heterocycles. The number of nitrogens with one attached hydrogen (secondary N) is 1. The van der Waals surface area contributed by atoms with Crippen LogP contribution in [0.1, 0.15) is 30.6 Å². The Bertz CT molecular complexity index is 1190. The molecule has 1 heterocycles. The first-order valence-corrected chi connectivity index (χ1v) is 10.6. The summed E-state index contributed by atoms with van der Waals surface area (Å²) in [5.41, 5.74) is 2.58. The third kappa shape index (κ3) is 6.45. The molecule has 2 aromatic carbocycles. The SMILES string of the molecule is CC(=O)c1ccc(-c2cccc(N(C(=O)NCCC(=O)[O-])C3C(=O)C(C)=CN(C)C3=O)c2)cc1.[Na+]. The summed E-state index contributed by atoms with van der Waals surface area (Å²) in [6.07, 6.45) is 0.980. The number of Topliss-reactive ketones (excluding diaryl/α,β-unsaturated/α-hetero) is 2. The maximum Gasteiger partial charge on any atom is 1.00 e. The Morgan fingerprint density at radius 1 is 1.06 bits per heavy atom. The van der Waals surface area contributed by atoms with Gasteiger partial charge < -0.3 is 20.1 Å². The molecule has 10 heteroatoms. The van der Waals surface area contributed by atoms with E-state index in [0.717, 1.165) is 10.5 Å². The van der Waals surface area contributed by atoms with Crippen molar-refractivity contribution >= 4 is 35.2 Å². The Hall–Kier alpha value is -3.27. The van der Waals surface area contributed by atoms with Crippen LogP contribution in [0.5, 0.6) is 0 Å². The fourth-order valence-corrected chi connectivity index (χ4v) is 3.64. The summed E-state index contributed by atoms with van der Waals surface area (Å²) < 4.78 is 0. The molecule has 0 radical (unpaired) electrons. The van der Waals surface area contributed by atoms with E-state index >= 15 is 0 Å². The molecule has 35 heavy (non-hydrogen) atoms. The third-order valence-electron chi connectivity index (χ3n) is 5.44. The average molecular weight is 485 g/mol. The first-order valence-electron chi connectivity index (χ1n) is 10.6. The summed E-state index contributed by atoms with van der Waals surface area (Å²) in [7, 11) is 1.49. The topological polar surface area (TPSA) is 127 Å². The minimum absolute atomic E-state index is 0. The van der Waals surface area contributed by atoms with Crippen molar-refractivity contribution in [1.29, 1.82) is 0 Å². The van der Waals surface area contributed by atoms with Crippen LogP contribution in [0, 0.1) is 0 Å². The molecule has 1 aliphatic heterocycles. The molecule has 3 amide bonds. The maximum atomic E-state index is 13.1. The van der Waals surface area contributed by atoms with Crippen molar-refractivity contribution in [3.63, 3.8) is 0 Å². The number of nitrogens with zero attached hydrogens (tertiary/aromatic N) is 2. The van der Waals surface area contributed by atoms with Gasteiger partial charge in [0, 0.05) is 49.0 Å². The third-order valence-corrected chi connectivity index (χ3v) is 5.44. The van der Waals surface area contributed by atoms with E-state index in [4.69, 9.17) is 0 Å². The summed E-state index contributed by atoms with van der Waals surface area (Å²) >= 11 is 0. The number of hydrogen-bond donors (Lipinski definition) is 1. The quantitative estimate of drug-likeness (QED) is 0.290. The number of aliphatic carboxylic acids is 1. The number of amides is 3. The fraction of sp³-hybridized carbons (Fsp3) is 0.240. The normalized spacial score (nSPS) is 15.1. The number of rotatable bonds is 7. The van der Waals surface area contributed by atoms with Gasteiger partial charge in [-0.15, -0.1) is 0 Å². The van der Waals surface area contributed by atoms with E-state index in [1.807, 2.05) is 0 Å². The number of ketones is 2. The Labute approximate surface area is 225 Å². The second-order valence-electron chi connectivity index (χ2n) is 7.94. The van der Waals surface area contributed by atoms with Gasteiger partial charge in [0.2, 0.25) is 0 Å². The van der Waals surface area contributed by atoms with E-state index < -0.39 is 36.2 Å². The van der Waals surface area contributed by atoms with Crippen LogP contribution >= 0.6 is 0 Å². The van der Waals surface area contributed by atoms with Crippen LogP contribution in [0.25, 0.3) is 11.1 Å². The zero-order valence-corrected chi connectivity index (χ0v) is 22.0. The molecule has 9 nitrogen and oxygen atoms in total. The number of carbonyl (C=O) groups is 5. The van der Waals surface area contributed by atoms with Gasteiger partial charge in [0.15, 0.2) is 17.6 Å². The molecule has 0 aliphatic carbocycles. The van der Waals surface area contributed by atoms with E-state index in [1.54, 1.807) is 55.5 Å². The van der Waals surface area contributed by atoms with Gasteiger partial charge in [-0.3, -0.25) is 19.3 Å². The van der Waals surface area contributed by atoms with Crippen molar-refractivity contribution in [2.24, 2.45) is 0 Å². The van der Waals surface area contributed by atoms with Gasteiger partial charge in [0.25, 0.3) is 5.91 Å². The molecule has 0 bridgehead atoms. The van der Waals surface area contributed by atoms with Crippen molar-refractivity contribution in [1.82, 2.24) is 10.2 Å². The molecule has 1 N–H and O–H groups in total. The first kappa shape index (κ1) is 28.0. The number of hydrogen-bond acceptors (Lipinski definition) is 6. The van der Waals surface area contributed by atoms with E-state index in [-0.39, 0.29) is 47.6 Å². The summed E-state index contributed by atoms with van der Waals surface area (Å²) in [5.74, 6) is -2.54. The van der Waals surface area contributed by atoms with E-state index in [2.05, 4.69) is 5.32 Å². The van der Waals surface area contributed by atoms with Crippen molar-refractivity contribution < 1.29 is 58.6 Å². The van der Waals surface area contributed by atoms with Crippen molar-refractivity contribution in [2.45, 2.75) is 26.3 Å². The number of carboxylic acid groups (broad SMARTS) is 1. The van der Waals surface area contributed by atoms with E-state index in [1.165, 1.54) is 25.1 Å². The number of likely N-dealkylation sites (N-methyl/N-ethyl adjacent to an activating group) is 1. The predicted molar refractivity (Wildman–Crippen MR) is 123 cm³/mol. The number of carboxylic acids is 1. The van der Waals surface area contributed by atoms with Crippen LogP contribution in [-0.2, 0) is 14.4 Å². The van der Waals surface area contributed by atoms with Crippen molar-refractivity contribution in [3.05, 3.63) is 65.9 Å². The van der Waals surface area contributed by atoms with Gasteiger partial charge in [0.05, 0.1) is 0 Å². The number of benzene rings is 2. The molecule has 176 valence electrons. The molecule has 3 rings (SSSR count). The Kier molecular flexibility index (Phi) is 9.53. The van der Waals surface area contributed by atoms with Crippen LogP contribution in [0.4, 0.5) is 10.5 Å². The van der Waals surface area contributed by atoms with E-state index in [0.29, 0.717) is 16.7 Å². The number of anilines is 1. The molecule has 1 atom stereocenters. The molecule has 0 saturated carbocycles. The van der Waals surface area contributed by atoms with Crippen LogP contribution in [-0.4, -0.2) is 54.0 Å². The van der Waals surface area contributed by atoms with Crippen molar-refractivity contribution in [2.75, 3.05) is 18.5 Å². The van der Waals surface area contributed by atoms with Crippen LogP contribution < -0.4 is 44.9 Å². The summed E-state index contributed by atoms with van der Waals surface area (Å²) in [6, 6.07) is 11.4. The van der Waals surface area contributed by atoms with Gasteiger partial charge >= 0.3 is 35.6 Å². The summed E-state index contributed by atoms with van der Waals surface area (Å²) in [5, 5.41) is 13.2.